The van der Waals surface area contributed by atoms with Crippen molar-refractivity contribution in [2.75, 3.05) is 11.9 Å². The fourth-order valence-corrected chi connectivity index (χ4v) is 3.82. The second kappa shape index (κ2) is 8.30. The number of para-hydroxylation sites is 1. The summed E-state index contributed by atoms with van der Waals surface area (Å²) in [7, 11) is 1.61. The monoisotopic (exact) mass is 426 g/mol. The number of anilines is 1. The predicted molar refractivity (Wildman–Crippen MR) is 115 cm³/mol. The van der Waals surface area contributed by atoms with Gasteiger partial charge in [0.05, 0.1) is 11.2 Å². The molecule has 1 saturated heterocycles. The highest BCUT2D eigenvalue weighted by molar-refractivity contribution is 5.94. The molecule has 31 heavy (non-hydrogen) atoms. The van der Waals surface area contributed by atoms with Crippen molar-refractivity contribution < 1.29 is 19.4 Å². The Labute approximate surface area is 179 Å². The second-order valence-corrected chi connectivity index (χ2v) is 8.64. The number of fused-ring (bicyclic) bond motifs is 1. The first-order chi connectivity index (χ1) is 14.5. The lowest BCUT2D eigenvalue weighted by Gasteiger charge is -2.38. The summed E-state index contributed by atoms with van der Waals surface area (Å²) in [6, 6.07) is 7.76. The third-order valence-corrected chi connectivity index (χ3v) is 5.28. The van der Waals surface area contributed by atoms with Gasteiger partial charge in [0.25, 0.3) is 5.56 Å². The van der Waals surface area contributed by atoms with Crippen LogP contribution in [0.15, 0.2) is 29.1 Å². The zero-order valence-corrected chi connectivity index (χ0v) is 18.0. The highest BCUT2D eigenvalue weighted by Gasteiger charge is 2.38. The van der Waals surface area contributed by atoms with Crippen molar-refractivity contribution in [2.45, 2.75) is 51.3 Å². The van der Waals surface area contributed by atoms with Gasteiger partial charge in [-0.1, -0.05) is 18.2 Å². The Morgan fingerprint density at radius 1 is 1.29 bits per heavy atom. The number of rotatable bonds is 3. The van der Waals surface area contributed by atoms with Gasteiger partial charge >= 0.3 is 12.1 Å². The van der Waals surface area contributed by atoms with Crippen LogP contribution in [0, 0.1) is 11.3 Å². The van der Waals surface area contributed by atoms with Crippen molar-refractivity contribution in [3.8, 4) is 6.07 Å². The van der Waals surface area contributed by atoms with Crippen molar-refractivity contribution in [1.29, 1.82) is 5.26 Å². The number of ether oxygens (including phenoxy) is 1. The Balaban J connectivity index is 1.92. The van der Waals surface area contributed by atoms with Gasteiger partial charge in [-0.25, -0.2) is 9.59 Å². The van der Waals surface area contributed by atoms with Gasteiger partial charge < -0.3 is 19.7 Å². The normalized spacial score (nSPS) is 19.0. The Hall–Kier alpha value is -3.54. The van der Waals surface area contributed by atoms with Crippen molar-refractivity contribution in [2.24, 2.45) is 7.05 Å². The molecular formula is C22H26N4O5. The number of aryl methyl sites for hydroxylation is 1. The van der Waals surface area contributed by atoms with Gasteiger partial charge in [-0.05, 0) is 39.7 Å². The largest absolute Gasteiger partial charge is 0.480 e. The number of carboxylic acids is 1. The summed E-state index contributed by atoms with van der Waals surface area (Å²) in [5, 5.41) is 23.2. The number of aliphatic carboxylic acids is 1. The number of hydrogen-bond donors (Lipinski definition) is 2. The zero-order valence-electron chi connectivity index (χ0n) is 18.0. The Morgan fingerprint density at radius 3 is 2.58 bits per heavy atom. The molecule has 2 aromatic rings. The molecule has 0 aliphatic carbocycles. The van der Waals surface area contributed by atoms with Gasteiger partial charge in [-0.15, -0.1) is 0 Å². The topological polar surface area (TPSA) is 125 Å². The highest BCUT2D eigenvalue weighted by Crippen LogP contribution is 2.29. The number of benzene rings is 1. The lowest BCUT2D eigenvalue weighted by Crippen LogP contribution is -2.54. The maximum atomic E-state index is 12.7. The molecule has 0 spiro atoms. The van der Waals surface area contributed by atoms with Gasteiger partial charge in [0.15, 0.2) is 0 Å². The molecule has 1 fully saturated rings. The van der Waals surface area contributed by atoms with Crippen LogP contribution in [0.5, 0.6) is 0 Å². The number of amides is 1. The number of pyridine rings is 1. The van der Waals surface area contributed by atoms with E-state index in [2.05, 4.69) is 5.32 Å². The van der Waals surface area contributed by atoms with Crippen LogP contribution in [0.3, 0.4) is 0 Å². The van der Waals surface area contributed by atoms with E-state index in [0.717, 1.165) is 0 Å². The molecule has 1 aromatic carbocycles. The van der Waals surface area contributed by atoms with E-state index >= 15 is 0 Å². The number of nitrogens with one attached hydrogen (secondary N) is 1. The summed E-state index contributed by atoms with van der Waals surface area (Å²) in [4.78, 5) is 38.2. The standard InChI is InChI=1S/C22H26N4O5/c1-22(2,3)31-21(30)26-10-9-13(11-17(26)20(28)29)24-18-14-7-5-6-8-16(14)25(4)19(27)15(18)12-23/h5-8,13,17,24H,9-11H2,1-4H3,(H,28,29). The number of carboxylic acid groups (broad SMARTS) is 1. The van der Waals surface area contributed by atoms with Gasteiger partial charge in [-0.3, -0.25) is 9.69 Å². The molecule has 1 aliphatic rings. The number of carbonyl (C=O) groups excluding carboxylic acids is 1. The molecule has 2 heterocycles. The SMILES string of the molecule is Cn1c(=O)c(C#N)c(NC2CCN(C(=O)OC(C)(C)C)C(C(=O)O)C2)c2ccccc21. The summed E-state index contributed by atoms with van der Waals surface area (Å²) < 4.78 is 6.77. The minimum absolute atomic E-state index is 0.0253. The van der Waals surface area contributed by atoms with E-state index in [1.165, 1.54) is 9.47 Å². The Kier molecular flexibility index (Phi) is 5.93. The quantitative estimate of drug-likeness (QED) is 0.773. The van der Waals surface area contributed by atoms with E-state index < -0.39 is 29.3 Å². The van der Waals surface area contributed by atoms with Crippen LogP contribution in [0.1, 0.15) is 39.2 Å². The molecule has 1 aromatic heterocycles. The third-order valence-electron chi connectivity index (χ3n) is 5.28. The minimum atomic E-state index is -1.13. The number of likely N-dealkylation sites (tertiary alicyclic amines) is 1. The first-order valence-electron chi connectivity index (χ1n) is 10.0. The molecule has 1 amide bonds. The summed E-state index contributed by atoms with van der Waals surface area (Å²) in [6.07, 6.45) is -0.115. The van der Waals surface area contributed by atoms with Crippen LogP contribution in [0.25, 0.3) is 10.9 Å². The van der Waals surface area contributed by atoms with Crippen molar-refractivity contribution in [3.05, 3.63) is 40.2 Å². The molecule has 0 saturated carbocycles. The molecular weight excluding hydrogens is 400 g/mol. The molecule has 0 bridgehead atoms. The summed E-state index contributed by atoms with van der Waals surface area (Å²) in [5.41, 5.74) is -0.136. The maximum absolute atomic E-state index is 12.7. The van der Waals surface area contributed by atoms with Gasteiger partial charge in [0.1, 0.15) is 23.3 Å². The highest BCUT2D eigenvalue weighted by atomic mass is 16.6. The molecule has 3 rings (SSSR count). The Morgan fingerprint density at radius 2 is 1.97 bits per heavy atom. The van der Waals surface area contributed by atoms with E-state index in [0.29, 0.717) is 23.0 Å². The van der Waals surface area contributed by atoms with E-state index in [9.17, 15) is 24.8 Å². The molecule has 164 valence electrons. The first-order valence-corrected chi connectivity index (χ1v) is 10.0. The summed E-state index contributed by atoms with van der Waals surface area (Å²) in [5.74, 6) is -1.13. The van der Waals surface area contributed by atoms with Crippen LogP contribution < -0.4 is 10.9 Å². The Bertz CT molecular complexity index is 1130. The molecule has 2 N–H and O–H groups in total. The minimum Gasteiger partial charge on any atom is -0.480 e. The lowest BCUT2D eigenvalue weighted by molar-refractivity contribution is -0.144. The number of carbonyl (C=O) groups is 2. The molecule has 9 heteroatoms. The van der Waals surface area contributed by atoms with Gasteiger partial charge in [0, 0.05) is 25.0 Å². The molecule has 9 nitrogen and oxygen atoms in total. The number of nitrogens with zero attached hydrogens (tertiary/aromatic N) is 3. The van der Waals surface area contributed by atoms with Crippen LogP contribution in [0.2, 0.25) is 0 Å². The zero-order chi connectivity index (χ0) is 22.9. The lowest BCUT2D eigenvalue weighted by atomic mass is 9.96. The van der Waals surface area contributed by atoms with Crippen molar-refractivity contribution >= 4 is 28.7 Å². The number of hydrogen-bond acceptors (Lipinski definition) is 6. The smallest absolute Gasteiger partial charge is 0.411 e. The predicted octanol–water partition coefficient (Wildman–Crippen LogP) is 2.67. The van der Waals surface area contributed by atoms with Crippen molar-refractivity contribution in [1.82, 2.24) is 9.47 Å². The van der Waals surface area contributed by atoms with Gasteiger partial charge in [-0.2, -0.15) is 5.26 Å². The second-order valence-electron chi connectivity index (χ2n) is 8.64. The van der Waals surface area contributed by atoms with Crippen LogP contribution in [-0.4, -0.2) is 50.9 Å². The number of nitriles is 1. The average Bonchev–Trinajstić information content (AvgIpc) is 2.70. The van der Waals surface area contributed by atoms with E-state index in [1.807, 2.05) is 18.2 Å². The maximum Gasteiger partial charge on any atom is 0.411 e. The average molecular weight is 426 g/mol. The third kappa shape index (κ3) is 4.48. The van der Waals surface area contributed by atoms with Crippen LogP contribution in [0.4, 0.5) is 10.5 Å². The summed E-state index contributed by atoms with van der Waals surface area (Å²) in [6.45, 7) is 5.34. The molecule has 1 aliphatic heterocycles. The molecule has 2 atom stereocenters. The summed E-state index contributed by atoms with van der Waals surface area (Å²) >= 11 is 0. The molecule has 0 radical (unpaired) electrons. The number of piperidine rings is 1. The van der Waals surface area contributed by atoms with Crippen LogP contribution in [-0.2, 0) is 16.6 Å². The van der Waals surface area contributed by atoms with Crippen molar-refractivity contribution in [3.63, 3.8) is 0 Å². The number of aromatic nitrogens is 1. The fraction of sp³-hybridized carbons (Fsp3) is 0.455. The van der Waals surface area contributed by atoms with Gasteiger partial charge in [0.2, 0.25) is 0 Å². The fourth-order valence-electron chi connectivity index (χ4n) is 3.82. The van der Waals surface area contributed by atoms with E-state index in [1.54, 1.807) is 40.0 Å². The first kappa shape index (κ1) is 22.2. The molecule has 2 unspecified atom stereocenters. The van der Waals surface area contributed by atoms with Crippen LogP contribution >= 0.6 is 0 Å². The van der Waals surface area contributed by atoms with E-state index in [4.69, 9.17) is 4.74 Å². The van der Waals surface area contributed by atoms with E-state index in [-0.39, 0.29) is 24.6 Å².